The van der Waals surface area contributed by atoms with Crippen LogP contribution in [0.4, 0.5) is 15.8 Å². The fourth-order valence-corrected chi connectivity index (χ4v) is 6.06. The number of anilines is 2. The number of aromatic hydroxyl groups is 1. The van der Waals surface area contributed by atoms with Gasteiger partial charge in [-0.15, -0.1) is 0 Å². The summed E-state index contributed by atoms with van der Waals surface area (Å²) < 4.78 is 41.5. The molecule has 2 heterocycles. The Bertz CT molecular complexity index is 1630. The fraction of sp³-hybridized carbons (Fsp3) is 0.267. The zero-order valence-electron chi connectivity index (χ0n) is 22.4. The van der Waals surface area contributed by atoms with E-state index >= 15 is 0 Å². The number of aryl methyl sites for hydroxylation is 1. The zero-order valence-corrected chi connectivity index (χ0v) is 23.2. The van der Waals surface area contributed by atoms with Crippen molar-refractivity contribution in [2.24, 2.45) is 0 Å². The highest BCUT2D eigenvalue weighted by molar-refractivity contribution is 7.91. The average molecular weight is 550 g/mol. The molecule has 2 aromatic heterocycles. The van der Waals surface area contributed by atoms with E-state index in [4.69, 9.17) is 0 Å². The fourth-order valence-electron chi connectivity index (χ4n) is 4.68. The number of nitrogens with one attached hydrogen (secondary N) is 1. The number of aromatic amines is 1. The number of halogens is 1. The van der Waals surface area contributed by atoms with Crippen LogP contribution >= 0.6 is 0 Å². The molecule has 0 spiro atoms. The summed E-state index contributed by atoms with van der Waals surface area (Å²) in [7, 11) is -4.43. The van der Waals surface area contributed by atoms with Gasteiger partial charge in [-0.25, -0.2) is 13.4 Å². The minimum atomic E-state index is -4.43. The smallest absolute Gasteiger partial charge is 0.271 e. The van der Waals surface area contributed by atoms with Crippen molar-refractivity contribution in [1.29, 1.82) is 0 Å². The second kappa shape index (κ2) is 11.4. The molecule has 0 unspecified atom stereocenters. The summed E-state index contributed by atoms with van der Waals surface area (Å²) in [5, 5.41) is 11.5. The first-order chi connectivity index (χ1) is 18.6. The number of rotatable bonds is 9. The van der Waals surface area contributed by atoms with E-state index in [0.29, 0.717) is 28.8 Å². The van der Waals surface area contributed by atoms with Crippen LogP contribution in [-0.4, -0.2) is 29.5 Å². The van der Waals surface area contributed by atoms with Gasteiger partial charge in [0.15, 0.2) is 10.6 Å². The first kappa shape index (κ1) is 28.0. The molecule has 0 amide bonds. The maximum atomic E-state index is 14.0. The van der Waals surface area contributed by atoms with Gasteiger partial charge in [0.1, 0.15) is 5.69 Å². The Hall–Kier alpha value is -3.98. The summed E-state index contributed by atoms with van der Waals surface area (Å²) in [6, 6.07) is 16.6. The maximum Gasteiger partial charge on any atom is 0.271 e. The Morgan fingerprint density at radius 2 is 1.72 bits per heavy atom. The van der Waals surface area contributed by atoms with Crippen molar-refractivity contribution in [1.82, 2.24) is 9.97 Å². The van der Waals surface area contributed by atoms with Gasteiger partial charge in [-0.05, 0) is 75.1 Å². The van der Waals surface area contributed by atoms with Gasteiger partial charge >= 0.3 is 0 Å². The maximum absolute atomic E-state index is 14.0. The predicted molar refractivity (Wildman–Crippen MR) is 151 cm³/mol. The lowest BCUT2D eigenvalue weighted by atomic mass is 10.0. The Kier molecular flexibility index (Phi) is 8.20. The summed E-state index contributed by atoms with van der Waals surface area (Å²) in [6.07, 6.45) is 3.39. The number of H-pyrrole nitrogens is 1. The second-order valence-corrected chi connectivity index (χ2v) is 11.6. The van der Waals surface area contributed by atoms with Crippen LogP contribution in [0.1, 0.15) is 44.9 Å². The summed E-state index contributed by atoms with van der Waals surface area (Å²) in [6.45, 7) is 7.46. The summed E-state index contributed by atoms with van der Waals surface area (Å²) in [5.41, 5.74) is 2.12. The van der Waals surface area contributed by atoms with Gasteiger partial charge in [-0.3, -0.25) is 4.79 Å². The molecular weight excluding hydrogens is 517 g/mol. The SMILES string of the molecule is CCCCc1[nH]c(=O)c(S(=O)(=O)c2ccc(-c3ccnc(F)c3C)cc2)c(O)c1N(c1ccccc1)C(C)C. The molecule has 0 fully saturated rings. The van der Waals surface area contributed by atoms with Crippen molar-refractivity contribution in [3.05, 3.63) is 94.4 Å². The topological polar surface area (TPSA) is 103 Å². The van der Waals surface area contributed by atoms with Gasteiger partial charge in [0, 0.05) is 29.2 Å². The van der Waals surface area contributed by atoms with Crippen LogP contribution in [0.5, 0.6) is 5.75 Å². The predicted octanol–water partition coefficient (Wildman–Crippen LogP) is 6.31. The molecule has 2 N–H and O–H groups in total. The number of unbranched alkanes of at least 4 members (excludes halogenated alkanes) is 1. The van der Waals surface area contributed by atoms with Crippen molar-refractivity contribution < 1.29 is 17.9 Å². The third-order valence-corrected chi connectivity index (χ3v) is 8.46. The Balaban J connectivity index is 1.89. The molecular formula is C30H32FN3O4S. The monoisotopic (exact) mass is 549 g/mol. The molecule has 0 radical (unpaired) electrons. The number of hydrogen-bond acceptors (Lipinski definition) is 6. The second-order valence-electron chi connectivity index (χ2n) is 9.66. The number of pyridine rings is 2. The lowest BCUT2D eigenvalue weighted by Crippen LogP contribution is -2.30. The highest BCUT2D eigenvalue weighted by atomic mass is 32.2. The first-order valence-corrected chi connectivity index (χ1v) is 14.3. The van der Waals surface area contributed by atoms with Gasteiger partial charge in [0.05, 0.1) is 4.90 Å². The van der Waals surface area contributed by atoms with Gasteiger partial charge in [0.25, 0.3) is 5.56 Å². The lowest BCUT2D eigenvalue weighted by molar-refractivity contribution is 0.453. The van der Waals surface area contributed by atoms with Crippen molar-refractivity contribution >= 4 is 21.2 Å². The van der Waals surface area contributed by atoms with Crippen LogP contribution in [0.15, 0.2) is 81.4 Å². The van der Waals surface area contributed by atoms with E-state index in [1.54, 1.807) is 25.1 Å². The van der Waals surface area contributed by atoms with Crippen LogP contribution in [-0.2, 0) is 16.3 Å². The molecule has 0 aliphatic heterocycles. The molecule has 39 heavy (non-hydrogen) atoms. The van der Waals surface area contributed by atoms with Crippen LogP contribution < -0.4 is 10.5 Å². The van der Waals surface area contributed by atoms with E-state index < -0.39 is 32.0 Å². The third kappa shape index (κ3) is 5.45. The molecule has 0 aliphatic rings. The minimum Gasteiger partial charge on any atom is -0.504 e. The van der Waals surface area contributed by atoms with E-state index in [1.807, 2.05) is 56.0 Å². The van der Waals surface area contributed by atoms with E-state index in [0.717, 1.165) is 18.5 Å². The van der Waals surface area contributed by atoms with Crippen molar-refractivity contribution in [2.45, 2.75) is 62.8 Å². The van der Waals surface area contributed by atoms with Crippen molar-refractivity contribution in [2.75, 3.05) is 4.90 Å². The molecule has 0 saturated heterocycles. The van der Waals surface area contributed by atoms with Gasteiger partial charge in [-0.2, -0.15) is 4.39 Å². The number of nitrogens with zero attached hydrogens (tertiary/aromatic N) is 2. The number of sulfone groups is 1. The summed E-state index contributed by atoms with van der Waals surface area (Å²) in [4.78, 5) is 20.6. The molecule has 0 aliphatic carbocycles. The standard InChI is InChI=1S/C30H32FN3O4S/c1-5-6-12-25-26(34(19(2)3)22-10-8-7-9-11-22)27(35)28(30(36)33-25)39(37,38)23-15-13-21(14-16-23)24-17-18-32-29(31)20(24)4/h7-11,13-19H,5-6,12H2,1-4H3,(H2,33,35,36). The van der Waals surface area contributed by atoms with Gasteiger partial charge < -0.3 is 15.0 Å². The quantitative estimate of drug-likeness (QED) is 0.237. The van der Waals surface area contributed by atoms with Crippen molar-refractivity contribution in [3.8, 4) is 16.9 Å². The van der Waals surface area contributed by atoms with E-state index in [2.05, 4.69) is 9.97 Å². The molecule has 7 nitrogen and oxygen atoms in total. The Labute approximate surface area is 227 Å². The molecule has 4 aromatic rings. The van der Waals surface area contributed by atoms with E-state index in [-0.39, 0.29) is 16.6 Å². The normalized spacial score (nSPS) is 11.6. The number of benzene rings is 2. The number of aromatic nitrogens is 2. The number of hydrogen-bond donors (Lipinski definition) is 2. The van der Waals surface area contributed by atoms with Gasteiger partial charge in [0.2, 0.25) is 15.8 Å². The number of para-hydroxylation sites is 1. The molecule has 0 saturated carbocycles. The Morgan fingerprint density at radius 3 is 2.33 bits per heavy atom. The largest absolute Gasteiger partial charge is 0.504 e. The molecule has 2 aromatic carbocycles. The van der Waals surface area contributed by atoms with Crippen LogP contribution in [0.25, 0.3) is 11.1 Å². The average Bonchev–Trinajstić information content (AvgIpc) is 2.91. The summed E-state index contributed by atoms with van der Waals surface area (Å²) >= 11 is 0. The Morgan fingerprint density at radius 1 is 1.05 bits per heavy atom. The van der Waals surface area contributed by atoms with Crippen LogP contribution in [0.2, 0.25) is 0 Å². The highest BCUT2D eigenvalue weighted by Crippen LogP contribution is 2.41. The molecule has 204 valence electrons. The third-order valence-electron chi connectivity index (χ3n) is 6.65. The van der Waals surface area contributed by atoms with Crippen LogP contribution in [0, 0.1) is 12.9 Å². The van der Waals surface area contributed by atoms with Crippen molar-refractivity contribution in [3.63, 3.8) is 0 Å². The molecule has 0 atom stereocenters. The molecule has 9 heteroatoms. The zero-order chi connectivity index (χ0) is 28.3. The lowest BCUT2D eigenvalue weighted by Gasteiger charge is -2.32. The highest BCUT2D eigenvalue weighted by Gasteiger charge is 2.32. The first-order valence-electron chi connectivity index (χ1n) is 12.9. The van der Waals surface area contributed by atoms with E-state index in [1.165, 1.54) is 18.3 Å². The summed E-state index contributed by atoms with van der Waals surface area (Å²) in [5.74, 6) is -1.19. The van der Waals surface area contributed by atoms with Crippen LogP contribution in [0.3, 0.4) is 0 Å². The van der Waals surface area contributed by atoms with Gasteiger partial charge in [-0.1, -0.05) is 43.7 Å². The molecule has 0 bridgehead atoms. The van der Waals surface area contributed by atoms with E-state index in [9.17, 15) is 22.7 Å². The minimum absolute atomic E-state index is 0.164. The molecule has 4 rings (SSSR count).